The molecule has 1 aliphatic rings. The van der Waals surface area contributed by atoms with Crippen LogP contribution in [0.25, 0.3) is 0 Å². The van der Waals surface area contributed by atoms with Gasteiger partial charge in [-0.1, -0.05) is 0 Å². The minimum atomic E-state index is -3.21. The Morgan fingerprint density at radius 2 is 1.14 bits per heavy atom. The third-order valence-electron chi connectivity index (χ3n) is 5.66. The summed E-state index contributed by atoms with van der Waals surface area (Å²) in [5.74, 6) is -0.917. The molecule has 0 aromatic heterocycles. The molecule has 0 saturated carbocycles. The second-order valence-corrected chi connectivity index (χ2v) is 9.99. The number of rotatable bonds is 5. The van der Waals surface area contributed by atoms with Crippen LogP contribution in [-0.4, -0.2) is 11.9 Å². The molecular weight excluding hydrogens is 400 g/mol. The van der Waals surface area contributed by atoms with E-state index < -0.39 is 30.6 Å². The molecule has 0 spiro atoms. The summed E-state index contributed by atoms with van der Waals surface area (Å²) in [7, 11) is 0. The van der Waals surface area contributed by atoms with Crippen molar-refractivity contribution in [1.29, 1.82) is 0 Å². The first-order valence-corrected chi connectivity index (χ1v) is 11.6. The molecule has 5 heteroatoms. The average molecular weight is 425 g/mol. The fraction of sp³-hybridized carbons (Fsp3) is 0.250. The molecule has 0 saturated heterocycles. The van der Waals surface area contributed by atoms with Gasteiger partial charge in [0.1, 0.15) is 0 Å². The SMILES string of the molecule is CC1=C(C)C(C)(C)[C]([Ti]([O]C(=O)c2ccccc2)[O]C(=O)c2ccccc2)=C1C. The average Bonchev–Trinajstić information content (AvgIpc) is 2.87. The third kappa shape index (κ3) is 4.29. The molecule has 2 aromatic carbocycles. The molecule has 0 atom stereocenters. The van der Waals surface area contributed by atoms with Crippen LogP contribution < -0.4 is 0 Å². The summed E-state index contributed by atoms with van der Waals surface area (Å²) < 4.78 is 12.8. The predicted octanol–water partition coefficient (Wildman–Crippen LogP) is 5.80. The number of carbonyl (C=O) groups excluding carboxylic acids is 2. The van der Waals surface area contributed by atoms with E-state index in [0.29, 0.717) is 11.1 Å². The van der Waals surface area contributed by atoms with E-state index in [1.165, 1.54) is 11.1 Å². The van der Waals surface area contributed by atoms with E-state index in [0.717, 1.165) is 9.45 Å². The fourth-order valence-corrected chi connectivity index (χ4v) is 6.70. The van der Waals surface area contributed by atoms with Crippen molar-refractivity contribution >= 4 is 11.9 Å². The van der Waals surface area contributed by atoms with E-state index in [1.807, 2.05) is 19.1 Å². The minimum absolute atomic E-state index is 0.322. The maximum absolute atomic E-state index is 12.8. The van der Waals surface area contributed by atoms with Crippen LogP contribution in [-0.2, 0) is 25.3 Å². The Bertz CT molecular complexity index is 935. The van der Waals surface area contributed by atoms with Gasteiger partial charge in [-0.25, -0.2) is 0 Å². The first-order chi connectivity index (χ1) is 13.7. The molecule has 0 heterocycles. The quantitative estimate of drug-likeness (QED) is 0.569. The summed E-state index contributed by atoms with van der Waals surface area (Å²) in [5.41, 5.74) is 4.01. The number of hydrogen-bond donors (Lipinski definition) is 0. The molecule has 0 amide bonds. The summed E-state index contributed by atoms with van der Waals surface area (Å²) in [4.78, 5) is 25.6. The molecule has 149 valence electrons. The molecule has 0 aliphatic heterocycles. The predicted molar refractivity (Wildman–Crippen MR) is 109 cm³/mol. The first kappa shape index (κ1) is 21.3. The van der Waals surface area contributed by atoms with E-state index in [9.17, 15) is 9.59 Å². The maximum atomic E-state index is 12.8. The van der Waals surface area contributed by atoms with Crippen LogP contribution in [0.2, 0.25) is 0 Å². The van der Waals surface area contributed by atoms with Crippen LogP contribution >= 0.6 is 0 Å². The third-order valence-corrected chi connectivity index (χ3v) is 9.01. The molecule has 0 fully saturated rings. The number of benzene rings is 2. The summed E-state index contributed by atoms with van der Waals surface area (Å²) in [6, 6.07) is 17.6. The molecule has 0 radical (unpaired) electrons. The van der Waals surface area contributed by atoms with Crippen molar-refractivity contribution in [2.24, 2.45) is 5.41 Å². The van der Waals surface area contributed by atoms with Crippen molar-refractivity contribution in [3.05, 3.63) is 92.4 Å². The van der Waals surface area contributed by atoms with Crippen LogP contribution in [0.1, 0.15) is 55.3 Å². The van der Waals surface area contributed by atoms with Gasteiger partial charge in [0.05, 0.1) is 0 Å². The molecule has 0 N–H and O–H groups in total. The number of hydrogen-bond acceptors (Lipinski definition) is 4. The zero-order valence-corrected chi connectivity index (χ0v) is 19.0. The van der Waals surface area contributed by atoms with Crippen LogP contribution in [0.15, 0.2) is 81.3 Å². The van der Waals surface area contributed by atoms with E-state index in [4.69, 9.17) is 6.64 Å². The van der Waals surface area contributed by atoms with Gasteiger partial charge < -0.3 is 0 Å². The van der Waals surface area contributed by atoms with E-state index in [1.54, 1.807) is 48.5 Å². The monoisotopic (exact) mass is 425 g/mol. The van der Waals surface area contributed by atoms with E-state index in [-0.39, 0.29) is 5.41 Å². The zero-order valence-electron chi connectivity index (χ0n) is 17.4. The molecule has 2 aromatic rings. The van der Waals surface area contributed by atoms with Crippen molar-refractivity contribution in [3.8, 4) is 0 Å². The van der Waals surface area contributed by atoms with E-state index in [2.05, 4.69) is 27.7 Å². The molecule has 1 aliphatic carbocycles. The van der Waals surface area contributed by atoms with Gasteiger partial charge in [0.2, 0.25) is 0 Å². The topological polar surface area (TPSA) is 52.6 Å². The van der Waals surface area contributed by atoms with Crippen molar-refractivity contribution in [2.45, 2.75) is 34.6 Å². The van der Waals surface area contributed by atoms with Crippen LogP contribution in [0, 0.1) is 5.41 Å². The second kappa shape index (κ2) is 8.52. The Morgan fingerprint density at radius 3 is 1.48 bits per heavy atom. The van der Waals surface area contributed by atoms with Crippen molar-refractivity contribution in [2.75, 3.05) is 0 Å². The Morgan fingerprint density at radius 1 is 0.724 bits per heavy atom. The van der Waals surface area contributed by atoms with E-state index >= 15 is 0 Å². The van der Waals surface area contributed by atoms with Gasteiger partial charge in [-0.15, -0.1) is 0 Å². The second-order valence-electron chi connectivity index (χ2n) is 7.67. The Hall–Kier alpha value is -2.43. The number of carbonyl (C=O) groups is 2. The summed E-state index contributed by atoms with van der Waals surface area (Å²) >= 11 is -3.21. The van der Waals surface area contributed by atoms with Crippen LogP contribution in [0.3, 0.4) is 0 Å². The molecular formula is C24H25O4Ti. The molecule has 3 rings (SSSR count). The first-order valence-electron chi connectivity index (χ1n) is 9.55. The summed E-state index contributed by atoms with van der Waals surface area (Å²) in [6.45, 7) is 10.4. The Labute approximate surface area is 179 Å². The van der Waals surface area contributed by atoms with Crippen LogP contribution in [0.4, 0.5) is 0 Å². The summed E-state index contributed by atoms with van der Waals surface area (Å²) in [5, 5.41) is 0. The van der Waals surface area contributed by atoms with Crippen LogP contribution in [0.5, 0.6) is 0 Å². The van der Waals surface area contributed by atoms with Gasteiger partial charge in [-0.2, -0.15) is 0 Å². The van der Waals surface area contributed by atoms with Gasteiger partial charge >= 0.3 is 179 Å². The standard InChI is InChI=1S/C10H15.2C7H6O2.Ti/c1-7-6-10(4,5)9(3)8(7)2;2*8-7(9)6-4-2-1-3-5-6;/h1-5H3;2*1-5H,(H,8,9);/q;;;+2/p-2. The van der Waals surface area contributed by atoms with Crippen molar-refractivity contribution in [1.82, 2.24) is 0 Å². The van der Waals surface area contributed by atoms with Gasteiger partial charge in [-0.05, 0) is 0 Å². The van der Waals surface area contributed by atoms with Gasteiger partial charge in [0.15, 0.2) is 0 Å². The normalized spacial score (nSPS) is 15.3. The molecule has 0 unspecified atom stereocenters. The Kier molecular flexibility index (Phi) is 6.25. The van der Waals surface area contributed by atoms with Gasteiger partial charge in [-0.3, -0.25) is 0 Å². The van der Waals surface area contributed by atoms with Gasteiger partial charge in [0.25, 0.3) is 0 Å². The van der Waals surface area contributed by atoms with Gasteiger partial charge in [0, 0.05) is 0 Å². The molecule has 29 heavy (non-hydrogen) atoms. The van der Waals surface area contributed by atoms with Crippen molar-refractivity contribution < 1.29 is 34.9 Å². The molecule has 0 bridgehead atoms. The fourth-order valence-electron chi connectivity index (χ4n) is 3.56. The number of allylic oxidation sites excluding steroid dienone is 4. The zero-order chi connectivity index (χ0) is 21.2. The summed E-state index contributed by atoms with van der Waals surface area (Å²) in [6.07, 6.45) is 0. The molecule has 4 nitrogen and oxygen atoms in total. The Balaban J connectivity index is 1.96. The van der Waals surface area contributed by atoms with Crippen molar-refractivity contribution in [3.63, 3.8) is 0 Å².